The summed E-state index contributed by atoms with van der Waals surface area (Å²) in [5.41, 5.74) is 7.59. The lowest BCUT2D eigenvalue weighted by atomic mass is 9.71. The van der Waals surface area contributed by atoms with Crippen molar-refractivity contribution in [1.29, 1.82) is 0 Å². The number of aliphatic carboxylic acids is 1. The molecule has 0 fully saturated rings. The largest absolute Gasteiger partial charge is 0.480 e. The topological polar surface area (TPSA) is 142 Å². The van der Waals surface area contributed by atoms with Gasteiger partial charge in [-0.3, -0.25) is 9.48 Å². The summed E-state index contributed by atoms with van der Waals surface area (Å²) >= 11 is 0. The highest BCUT2D eigenvalue weighted by atomic mass is 16.5. The lowest BCUT2D eigenvalue weighted by molar-refractivity contribution is -0.139. The van der Waals surface area contributed by atoms with Crippen molar-refractivity contribution in [3.8, 4) is 0 Å². The Bertz CT molecular complexity index is 1130. The summed E-state index contributed by atoms with van der Waals surface area (Å²) < 4.78 is 8.38. The van der Waals surface area contributed by atoms with E-state index in [9.17, 15) is 9.90 Å². The zero-order chi connectivity index (χ0) is 22.6. The van der Waals surface area contributed by atoms with Crippen LogP contribution in [-0.4, -0.2) is 46.8 Å². The fraction of sp³-hybridized carbons (Fsp3) is 0.273. The van der Waals surface area contributed by atoms with Gasteiger partial charge in [-0.1, -0.05) is 18.2 Å². The Labute approximate surface area is 184 Å². The lowest BCUT2D eigenvalue weighted by Crippen LogP contribution is -2.45. The van der Waals surface area contributed by atoms with Gasteiger partial charge in [0.2, 0.25) is 0 Å². The predicted molar refractivity (Wildman–Crippen MR) is 115 cm³/mol. The summed E-state index contributed by atoms with van der Waals surface area (Å²) in [6.45, 7) is 0.204. The molecule has 3 aromatic heterocycles. The number of carboxylic acid groups (broad SMARTS) is 1. The van der Waals surface area contributed by atoms with Crippen molar-refractivity contribution in [2.45, 2.75) is 24.7 Å². The molecule has 4 rings (SSSR count). The van der Waals surface area contributed by atoms with Crippen LogP contribution in [0.5, 0.6) is 0 Å². The van der Waals surface area contributed by atoms with Crippen molar-refractivity contribution in [2.75, 3.05) is 0 Å². The number of hydrogen-bond acceptors (Lipinski definition) is 8. The maximum absolute atomic E-state index is 11.6. The highest BCUT2D eigenvalue weighted by Gasteiger charge is 2.48. The quantitative estimate of drug-likeness (QED) is 0.540. The SMILES string of the molecule is Cn1nccc1COC1(c2ccncn2)C(c2ccncn2)=CC=CC1CC(N)C(=O)O. The molecule has 0 saturated heterocycles. The molecular formula is C22H23N7O3. The molecule has 3 aromatic rings. The summed E-state index contributed by atoms with van der Waals surface area (Å²) in [4.78, 5) is 28.6. The smallest absolute Gasteiger partial charge is 0.320 e. The van der Waals surface area contributed by atoms with E-state index in [1.807, 2.05) is 31.3 Å². The number of ether oxygens (including phenoxy) is 1. The van der Waals surface area contributed by atoms with Gasteiger partial charge in [0, 0.05) is 37.1 Å². The molecule has 1 aliphatic carbocycles. The first kappa shape index (κ1) is 21.5. The van der Waals surface area contributed by atoms with E-state index in [1.165, 1.54) is 12.7 Å². The predicted octanol–water partition coefficient (Wildman–Crippen LogP) is 1.48. The van der Waals surface area contributed by atoms with Gasteiger partial charge in [-0.05, 0) is 24.6 Å². The van der Waals surface area contributed by atoms with Gasteiger partial charge in [0.1, 0.15) is 24.3 Å². The average Bonchev–Trinajstić information content (AvgIpc) is 3.23. The van der Waals surface area contributed by atoms with Crippen LogP contribution in [0.4, 0.5) is 0 Å². The minimum absolute atomic E-state index is 0.129. The second-order valence-electron chi connectivity index (χ2n) is 7.41. The third-order valence-electron chi connectivity index (χ3n) is 5.54. The van der Waals surface area contributed by atoms with Gasteiger partial charge in [0.05, 0.1) is 23.7 Å². The molecule has 164 valence electrons. The van der Waals surface area contributed by atoms with E-state index in [2.05, 4.69) is 25.0 Å². The normalized spacial score (nSPS) is 21.2. The van der Waals surface area contributed by atoms with Crippen molar-refractivity contribution in [2.24, 2.45) is 18.7 Å². The zero-order valence-electron chi connectivity index (χ0n) is 17.4. The molecule has 0 aromatic carbocycles. The summed E-state index contributed by atoms with van der Waals surface area (Å²) in [6, 6.07) is 4.31. The van der Waals surface area contributed by atoms with Crippen molar-refractivity contribution in [3.05, 3.63) is 84.8 Å². The van der Waals surface area contributed by atoms with Gasteiger partial charge in [0.15, 0.2) is 0 Å². The highest BCUT2D eigenvalue weighted by molar-refractivity contribution is 5.76. The minimum atomic E-state index is -1.16. The van der Waals surface area contributed by atoms with Crippen LogP contribution in [0, 0.1) is 5.92 Å². The number of nitrogens with zero attached hydrogens (tertiary/aromatic N) is 6. The molecule has 32 heavy (non-hydrogen) atoms. The summed E-state index contributed by atoms with van der Waals surface area (Å²) in [5, 5.41) is 13.7. The second-order valence-corrected chi connectivity index (χ2v) is 7.41. The molecule has 10 heteroatoms. The molecule has 0 bridgehead atoms. The summed E-state index contributed by atoms with van der Waals surface area (Å²) in [7, 11) is 1.83. The Morgan fingerprint density at radius 3 is 2.62 bits per heavy atom. The molecule has 0 saturated carbocycles. The third-order valence-corrected chi connectivity index (χ3v) is 5.54. The van der Waals surface area contributed by atoms with Crippen LogP contribution in [0.15, 0.2) is 67.7 Å². The van der Waals surface area contributed by atoms with Crippen LogP contribution in [0.25, 0.3) is 5.57 Å². The van der Waals surface area contributed by atoms with Crippen LogP contribution in [0.2, 0.25) is 0 Å². The molecule has 0 radical (unpaired) electrons. The fourth-order valence-corrected chi connectivity index (χ4v) is 3.92. The molecule has 0 amide bonds. The Morgan fingerprint density at radius 2 is 2.00 bits per heavy atom. The molecule has 3 atom stereocenters. The van der Waals surface area contributed by atoms with Crippen molar-refractivity contribution in [3.63, 3.8) is 0 Å². The number of carbonyl (C=O) groups is 1. The van der Waals surface area contributed by atoms with E-state index in [0.29, 0.717) is 11.4 Å². The molecule has 0 spiro atoms. The molecule has 3 N–H and O–H groups in total. The van der Waals surface area contributed by atoms with Crippen molar-refractivity contribution in [1.82, 2.24) is 29.7 Å². The molecule has 10 nitrogen and oxygen atoms in total. The van der Waals surface area contributed by atoms with Crippen molar-refractivity contribution >= 4 is 11.5 Å². The first-order valence-electron chi connectivity index (χ1n) is 10.0. The Balaban J connectivity index is 1.87. The Hall–Kier alpha value is -3.76. The first-order valence-corrected chi connectivity index (χ1v) is 10.0. The van der Waals surface area contributed by atoms with E-state index in [1.54, 1.807) is 35.4 Å². The molecule has 1 aliphatic rings. The van der Waals surface area contributed by atoms with E-state index in [-0.39, 0.29) is 13.0 Å². The monoisotopic (exact) mass is 433 g/mol. The maximum Gasteiger partial charge on any atom is 0.320 e. The first-order chi connectivity index (χ1) is 15.5. The minimum Gasteiger partial charge on any atom is -0.480 e. The van der Waals surface area contributed by atoms with E-state index < -0.39 is 23.5 Å². The number of carboxylic acids is 1. The van der Waals surface area contributed by atoms with Gasteiger partial charge in [0.25, 0.3) is 0 Å². The standard InChI is InChI=1S/C22H23N7O3/c1-29-16(5-10-28-29)12-32-22(20-7-9-25-14-27-20)15(11-18(23)21(30)31)3-2-4-17(22)19-6-8-24-13-26-19/h2-10,13-15,18H,11-12,23H2,1H3,(H,30,31). The van der Waals surface area contributed by atoms with Gasteiger partial charge < -0.3 is 15.6 Å². The average molecular weight is 433 g/mol. The Kier molecular flexibility index (Phi) is 6.15. The van der Waals surface area contributed by atoms with E-state index in [4.69, 9.17) is 10.5 Å². The van der Waals surface area contributed by atoms with E-state index in [0.717, 1.165) is 11.3 Å². The third kappa shape index (κ3) is 4.05. The number of aryl methyl sites for hydroxylation is 1. The summed E-state index contributed by atoms with van der Waals surface area (Å²) in [6.07, 6.45) is 13.7. The van der Waals surface area contributed by atoms with Crippen LogP contribution in [0.3, 0.4) is 0 Å². The number of hydrogen-bond donors (Lipinski definition) is 2. The fourth-order valence-electron chi connectivity index (χ4n) is 3.92. The van der Waals surface area contributed by atoms with Crippen LogP contribution >= 0.6 is 0 Å². The summed E-state index contributed by atoms with van der Waals surface area (Å²) in [5.74, 6) is -1.52. The van der Waals surface area contributed by atoms with Gasteiger partial charge in [-0.15, -0.1) is 0 Å². The number of allylic oxidation sites excluding steroid dienone is 2. The van der Waals surface area contributed by atoms with E-state index >= 15 is 0 Å². The highest BCUT2D eigenvalue weighted by Crippen LogP contribution is 2.49. The Morgan fingerprint density at radius 1 is 1.22 bits per heavy atom. The molecule has 0 aliphatic heterocycles. The van der Waals surface area contributed by atoms with Gasteiger partial charge in [-0.2, -0.15) is 5.10 Å². The molecule has 3 heterocycles. The van der Waals surface area contributed by atoms with Crippen LogP contribution in [0.1, 0.15) is 23.5 Å². The van der Waals surface area contributed by atoms with Crippen LogP contribution < -0.4 is 5.73 Å². The van der Waals surface area contributed by atoms with Crippen molar-refractivity contribution < 1.29 is 14.6 Å². The second kappa shape index (κ2) is 9.16. The van der Waals surface area contributed by atoms with Gasteiger partial charge >= 0.3 is 5.97 Å². The number of rotatable bonds is 8. The maximum atomic E-state index is 11.6. The van der Waals surface area contributed by atoms with Crippen LogP contribution in [-0.2, 0) is 28.8 Å². The molecule has 3 unspecified atom stereocenters. The number of aromatic nitrogens is 6. The molecular weight excluding hydrogens is 410 g/mol. The lowest BCUT2D eigenvalue weighted by Gasteiger charge is -2.42. The van der Waals surface area contributed by atoms with Gasteiger partial charge in [-0.25, -0.2) is 19.9 Å². The number of nitrogens with two attached hydrogens (primary N) is 1. The zero-order valence-corrected chi connectivity index (χ0v) is 17.4.